The van der Waals surface area contributed by atoms with Gasteiger partial charge in [0.1, 0.15) is 5.82 Å². The lowest BCUT2D eigenvalue weighted by Crippen LogP contribution is -2.33. The molecule has 0 spiro atoms. The molecule has 82 valence electrons. The number of carbonyl (C=O) groups is 1. The predicted molar refractivity (Wildman–Crippen MR) is 58.0 cm³/mol. The molecule has 1 atom stereocenters. The SMILES string of the molecule is CC[C@@H](C)NC(=O)Cc1cccc(F)c1. The zero-order valence-corrected chi connectivity index (χ0v) is 9.09. The topological polar surface area (TPSA) is 29.1 Å². The lowest BCUT2D eigenvalue weighted by molar-refractivity contribution is -0.121. The maximum absolute atomic E-state index is 12.8. The van der Waals surface area contributed by atoms with Gasteiger partial charge in [-0.3, -0.25) is 4.79 Å². The molecular formula is C12H16FNO. The highest BCUT2D eigenvalue weighted by Gasteiger charge is 2.06. The number of benzene rings is 1. The van der Waals surface area contributed by atoms with Crippen LogP contribution in [0.5, 0.6) is 0 Å². The molecule has 0 saturated heterocycles. The second-order valence-corrected chi connectivity index (χ2v) is 3.68. The van der Waals surface area contributed by atoms with Gasteiger partial charge in [-0.2, -0.15) is 0 Å². The molecule has 3 heteroatoms. The van der Waals surface area contributed by atoms with E-state index >= 15 is 0 Å². The Bertz CT molecular complexity index is 338. The molecule has 0 aliphatic heterocycles. The van der Waals surface area contributed by atoms with Crippen molar-refractivity contribution in [1.82, 2.24) is 5.32 Å². The zero-order valence-electron chi connectivity index (χ0n) is 9.09. The summed E-state index contributed by atoms with van der Waals surface area (Å²) in [5, 5.41) is 2.84. The van der Waals surface area contributed by atoms with Gasteiger partial charge in [0.15, 0.2) is 0 Å². The van der Waals surface area contributed by atoms with Crippen molar-refractivity contribution in [2.45, 2.75) is 32.7 Å². The monoisotopic (exact) mass is 209 g/mol. The molecule has 1 aromatic carbocycles. The Morgan fingerprint density at radius 3 is 2.87 bits per heavy atom. The van der Waals surface area contributed by atoms with Crippen molar-refractivity contribution in [2.24, 2.45) is 0 Å². The van der Waals surface area contributed by atoms with Crippen LogP contribution in [0.1, 0.15) is 25.8 Å². The molecule has 1 N–H and O–H groups in total. The average Bonchev–Trinajstić information content (AvgIpc) is 2.17. The van der Waals surface area contributed by atoms with Gasteiger partial charge in [-0.15, -0.1) is 0 Å². The summed E-state index contributed by atoms with van der Waals surface area (Å²) in [4.78, 5) is 11.5. The largest absolute Gasteiger partial charge is 0.353 e. The molecule has 1 aromatic rings. The maximum atomic E-state index is 12.8. The maximum Gasteiger partial charge on any atom is 0.224 e. The van der Waals surface area contributed by atoms with Gasteiger partial charge in [0, 0.05) is 6.04 Å². The summed E-state index contributed by atoms with van der Waals surface area (Å²) in [5.41, 5.74) is 0.704. The van der Waals surface area contributed by atoms with E-state index in [2.05, 4.69) is 5.32 Å². The third kappa shape index (κ3) is 4.11. The highest BCUT2D eigenvalue weighted by molar-refractivity contribution is 5.78. The van der Waals surface area contributed by atoms with Gasteiger partial charge in [-0.25, -0.2) is 4.39 Å². The van der Waals surface area contributed by atoms with E-state index in [1.165, 1.54) is 12.1 Å². The highest BCUT2D eigenvalue weighted by Crippen LogP contribution is 2.04. The summed E-state index contributed by atoms with van der Waals surface area (Å²) in [7, 11) is 0. The minimum absolute atomic E-state index is 0.0602. The van der Waals surface area contributed by atoms with E-state index < -0.39 is 0 Å². The number of hydrogen-bond acceptors (Lipinski definition) is 1. The van der Waals surface area contributed by atoms with Crippen molar-refractivity contribution in [3.8, 4) is 0 Å². The Morgan fingerprint density at radius 1 is 1.53 bits per heavy atom. The van der Waals surface area contributed by atoms with Crippen molar-refractivity contribution in [1.29, 1.82) is 0 Å². The van der Waals surface area contributed by atoms with Crippen LogP contribution in [0.25, 0.3) is 0 Å². The summed E-state index contributed by atoms with van der Waals surface area (Å²) < 4.78 is 12.8. The first-order valence-corrected chi connectivity index (χ1v) is 5.15. The lowest BCUT2D eigenvalue weighted by Gasteiger charge is -2.11. The Kier molecular flexibility index (Phi) is 4.28. The van der Waals surface area contributed by atoms with E-state index in [0.29, 0.717) is 5.56 Å². The Morgan fingerprint density at radius 2 is 2.27 bits per heavy atom. The van der Waals surface area contributed by atoms with Gasteiger partial charge in [0.25, 0.3) is 0 Å². The van der Waals surface area contributed by atoms with Gasteiger partial charge in [0.05, 0.1) is 6.42 Å². The van der Waals surface area contributed by atoms with E-state index in [1.807, 2.05) is 13.8 Å². The van der Waals surface area contributed by atoms with Gasteiger partial charge in [-0.1, -0.05) is 19.1 Å². The van der Waals surface area contributed by atoms with Crippen molar-refractivity contribution in [3.63, 3.8) is 0 Å². The summed E-state index contributed by atoms with van der Waals surface area (Å²) in [6.07, 6.45) is 1.14. The van der Waals surface area contributed by atoms with Crippen LogP contribution in [-0.4, -0.2) is 11.9 Å². The average molecular weight is 209 g/mol. The molecule has 15 heavy (non-hydrogen) atoms. The first kappa shape index (κ1) is 11.7. The highest BCUT2D eigenvalue weighted by atomic mass is 19.1. The van der Waals surface area contributed by atoms with Crippen LogP contribution in [0.2, 0.25) is 0 Å². The molecule has 0 unspecified atom stereocenters. The fraction of sp³-hybridized carbons (Fsp3) is 0.417. The molecule has 0 radical (unpaired) electrons. The van der Waals surface area contributed by atoms with Crippen LogP contribution < -0.4 is 5.32 Å². The molecule has 1 rings (SSSR count). The fourth-order valence-electron chi connectivity index (χ4n) is 1.26. The second kappa shape index (κ2) is 5.49. The van der Waals surface area contributed by atoms with E-state index in [4.69, 9.17) is 0 Å². The Balaban J connectivity index is 2.51. The second-order valence-electron chi connectivity index (χ2n) is 3.68. The molecule has 0 aliphatic carbocycles. The van der Waals surface area contributed by atoms with Gasteiger partial charge < -0.3 is 5.32 Å². The van der Waals surface area contributed by atoms with Crippen molar-refractivity contribution in [2.75, 3.05) is 0 Å². The van der Waals surface area contributed by atoms with E-state index in [0.717, 1.165) is 6.42 Å². The molecule has 2 nitrogen and oxygen atoms in total. The van der Waals surface area contributed by atoms with Crippen LogP contribution in [-0.2, 0) is 11.2 Å². The van der Waals surface area contributed by atoms with E-state index in [9.17, 15) is 9.18 Å². The van der Waals surface area contributed by atoms with Crippen LogP contribution in [0.3, 0.4) is 0 Å². The number of halogens is 1. The molecule has 0 bridgehead atoms. The lowest BCUT2D eigenvalue weighted by atomic mass is 10.1. The predicted octanol–water partition coefficient (Wildman–Crippen LogP) is 2.28. The van der Waals surface area contributed by atoms with Crippen molar-refractivity contribution >= 4 is 5.91 Å². The summed E-state index contributed by atoms with van der Waals surface area (Å²) >= 11 is 0. The van der Waals surface area contributed by atoms with Crippen LogP contribution in [0.4, 0.5) is 4.39 Å². The van der Waals surface area contributed by atoms with Crippen LogP contribution in [0, 0.1) is 5.82 Å². The van der Waals surface area contributed by atoms with Gasteiger partial charge >= 0.3 is 0 Å². The van der Waals surface area contributed by atoms with Crippen LogP contribution in [0.15, 0.2) is 24.3 Å². The molecule has 0 saturated carbocycles. The normalized spacial score (nSPS) is 12.2. The number of amides is 1. The first-order chi connectivity index (χ1) is 7.11. The quantitative estimate of drug-likeness (QED) is 0.809. The van der Waals surface area contributed by atoms with E-state index in [1.54, 1.807) is 12.1 Å². The number of rotatable bonds is 4. The first-order valence-electron chi connectivity index (χ1n) is 5.15. The summed E-state index contributed by atoms with van der Waals surface area (Å²) in [5.74, 6) is -0.362. The smallest absolute Gasteiger partial charge is 0.224 e. The Labute approximate surface area is 89.5 Å². The van der Waals surface area contributed by atoms with Crippen LogP contribution >= 0.6 is 0 Å². The van der Waals surface area contributed by atoms with Gasteiger partial charge in [-0.05, 0) is 31.0 Å². The van der Waals surface area contributed by atoms with Gasteiger partial charge in [0.2, 0.25) is 5.91 Å². The zero-order chi connectivity index (χ0) is 11.3. The molecule has 0 aliphatic rings. The van der Waals surface area contributed by atoms with Crippen molar-refractivity contribution in [3.05, 3.63) is 35.6 Å². The minimum atomic E-state index is -0.302. The standard InChI is InChI=1S/C12H16FNO/c1-3-9(2)14-12(15)8-10-5-4-6-11(13)7-10/h4-7,9H,3,8H2,1-2H3,(H,14,15)/t9-/m1/s1. The molecule has 0 fully saturated rings. The molecule has 0 aromatic heterocycles. The molecular weight excluding hydrogens is 193 g/mol. The molecule has 0 heterocycles. The molecule has 1 amide bonds. The number of nitrogens with one attached hydrogen (secondary N) is 1. The summed E-state index contributed by atoms with van der Waals surface area (Å²) in [6, 6.07) is 6.29. The third-order valence-corrected chi connectivity index (χ3v) is 2.27. The third-order valence-electron chi connectivity index (χ3n) is 2.27. The van der Waals surface area contributed by atoms with Crippen molar-refractivity contribution < 1.29 is 9.18 Å². The fourth-order valence-corrected chi connectivity index (χ4v) is 1.26. The number of carbonyl (C=O) groups excluding carboxylic acids is 1. The number of hydrogen-bond donors (Lipinski definition) is 1. The Hall–Kier alpha value is -1.38. The minimum Gasteiger partial charge on any atom is -0.353 e. The summed E-state index contributed by atoms with van der Waals surface area (Å²) in [6.45, 7) is 3.95. The van der Waals surface area contributed by atoms with E-state index in [-0.39, 0.29) is 24.2 Å².